The fourth-order valence-electron chi connectivity index (χ4n) is 17.0. The van der Waals surface area contributed by atoms with Crippen molar-refractivity contribution in [3.05, 3.63) is 179 Å². The van der Waals surface area contributed by atoms with Gasteiger partial charge < -0.3 is 85.9 Å². The van der Waals surface area contributed by atoms with Crippen LogP contribution in [0.5, 0.6) is 0 Å². The number of carbonyl (C=O) groups excluding carboxylic acids is 14. The number of nitrogens with two attached hydrogens (primary N) is 4. The Bertz CT molecular complexity index is 4480. The van der Waals surface area contributed by atoms with Gasteiger partial charge in [-0.05, 0) is 136 Å². The van der Waals surface area contributed by atoms with E-state index < -0.39 is 137 Å². The molecule has 5 fully saturated rings. The lowest BCUT2D eigenvalue weighted by Crippen LogP contribution is -2.59. The highest BCUT2D eigenvalue weighted by Crippen LogP contribution is 2.30. The van der Waals surface area contributed by atoms with Crippen LogP contribution in [0.2, 0.25) is 0 Å². The maximum Gasteiger partial charge on any atom is 0.245 e. The fraction of sp³-hybridized carbons (Fsp3) is 0.505. The van der Waals surface area contributed by atoms with Gasteiger partial charge in [0, 0.05) is 97.1 Å². The van der Waals surface area contributed by atoms with E-state index in [0.717, 1.165) is 59.9 Å². The average Bonchev–Trinajstić information content (AvgIpc) is 1.72. The summed E-state index contributed by atoms with van der Waals surface area (Å²) >= 11 is 0. The van der Waals surface area contributed by atoms with E-state index in [0.29, 0.717) is 51.4 Å². The molecule has 672 valence electrons. The van der Waals surface area contributed by atoms with Crippen LogP contribution in [0.25, 0.3) is 0 Å². The topological polar surface area (TPSA) is 495 Å². The highest BCUT2D eigenvalue weighted by atomic mass is 16.2. The number of Topliss-reactive ketones (excluding diaryl/α,β-unsaturated/α-hetero) is 2. The van der Waals surface area contributed by atoms with Crippen molar-refractivity contribution in [3.8, 4) is 0 Å². The zero-order valence-electron chi connectivity index (χ0n) is 71.9. The van der Waals surface area contributed by atoms with Crippen LogP contribution < -0.4 is 76.1 Å². The fourth-order valence-corrected chi connectivity index (χ4v) is 17.0. The molecular formula is C93H126N18O14. The van der Waals surface area contributed by atoms with Crippen molar-refractivity contribution < 1.29 is 67.1 Å². The lowest BCUT2D eigenvalue weighted by Gasteiger charge is -2.32. The second-order valence-corrected chi connectivity index (χ2v) is 33.3. The highest BCUT2D eigenvalue weighted by Gasteiger charge is 2.44. The van der Waals surface area contributed by atoms with Crippen LogP contribution >= 0.6 is 0 Å². The SMILES string of the molecule is CC(=O)N[C@@H](Cc1ccccc1)C(=O)N[C@H]1CCCNC(=O)[C@H](CCCN=C(N)N)CC(=O)[C@H](CCc2ccccc2)NC(=O)[C@@H](CC2CCCCC2)NC(=O)[C@@H]2CCCN2C1=O.CC(=O)N[C@@H](Cc1ccccc1)C(=O)N[C@H]1CCCNC(=O)[C@H](CCCN=C(N)N)CC(=O)[C@H](Cc2ccccc2)NC(=O)[C@@H](Cc2ccccc2)NC(=O)[C@@H]2CCCN2C1=O. The Labute approximate surface area is 731 Å². The van der Waals surface area contributed by atoms with Gasteiger partial charge in [0.2, 0.25) is 70.9 Å². The molecule has 4 aliphatic heterocycles. The molecule has 12 atom stereocenters. The zero-order chi connectivity index (χ0) is 89.6. The van der Waals surface area contributed by atoms with Crippen molar-refractivity contribution in [1.82, 2.24) is 63.0 Å². The van der Waals surface area contributed by atoms with E-state index in [1.54, 1.807) is 0 Å². The average molecular weight is 1720 g/mol. The molecule has 5 aromatic carbocycles. The molecular weight excluding hydrogens is 1590 g/mol. The van der Waals surface area contributed by atoms with Gasteiger partial charge in [-0.25, -0.2) is 0 Å². The van der Waals surface area contributed by atoms with Crippen LogP contribution in [0.3, 0.4) is 0 Å². The first-order chi connectivity index (χ1) is 60.2. The summed E-state index contributed by atoms with van der Waals surface area (Å²) in [7, 11) is 0. The van der Waals surface area contributed by atoms with E-state index in [-0.39, 0.29) is 158 Å². The smallest absolute Gasteiger partial charge is 0.245 e. The molecule has 0 aromatic heterocycles. The lowest BCUT2D eigenvalue weighted by molar-refractivity contribution is -0.142. The Kier molecular flexibility index (Phi) is 38.9. The molecule has 4 heterocycles. The van der Waals surface area contributed by atoms with Gasteiger partial charge >= 0.3 is 0 Å². The summed E-state index contributed by atoms with van der Waals surface area (Å²) in [5.41, 5.74) is 26.3. The summed E-state index contributed by atoms with van der Waals surface area (Å²) < 4.78 is 0. The van der Waals surface area contributed by atoms with Crippen molar-refractivity contribution >= 4 is 94.4 Å². The predicted molar refractivity (Wildman–Crippen MR) is 473 cm³/mol. The molecule has 0 bridgehead atoms. The van der Waals surface area contributed by atoms with Crippen molar-refractivity contribution in [2.45, 2.75) is 241 Å². The Morgan fingerprint density at radius 2 is 0.784 bits per heavy atom. The molecule has 5 aromatic rings. The number of rotatable bonds is 27. The maximum absolute atomic E-state index is 14.6. The molecule has 0 unspecified atom stereocenters. The lowest BCUT2D eigenvalue weighted by atomic mass is 9.84. The largest absolute Gasteiger partial charge is 0.370 e. The molecule has 32 nitrogen and oxygen atoms in total. The third-order valence-electron chi connectivity index (χ3n) is 23.5. The minimum absolute atomic E-state index is 0.0834. The van der Waals surface area contributed by atoms with Crippen LogP contribution in [0.4, 0.5) is 0 Å². The van der Waals surface area contributed by atoms with Crippen LogP contribution in [0.15, 0.2) is 162 Å². The summed E-state index contributed by atoms with van der Waals surface area (Å²) in [4.78, 5) is 206. The van der Waals surface area contributed by atoms with Gasteiger partial charge in [0.25, 0.3) is 0 Å². The molecule has 0 radical (unpaired) electrons. The first-order valence-electron chi connectivity index (χ1n) is 44.1. The van der Waals surface area contributed by atoms with E-state index in [2.05, 4.69) is 63.2 Å². The van der Waals surface area contributed by atoms with Gasteiger partial charge in [0.05, 0.1) is 12.1 Å². The summed E-state index contributed by atoms with van der Waals surface area (Å²) in [5, 5.41) is 28.8. The second-order valence-electron chi connectivity index (χ2n) is 33.3. The van der Waals surface area contributed by atoms with Gasteiger partial charge in [-0.1, -0.05) is 184 Å². The summed E-state index contributed by atoms with van der Waals surface area (Å²) in [5.74, 6) is -8.10. The Morgan fingerprint density at radius 1 is 0.408 bits per heavy atom. The number of nitrogens with one attached hydrogen (secondary N) is 10. The van der Waals surface area contributed by atoms with Crippen molar-refractivity contribution in [2.24, 2.45) is 50.7 Å². The number of amides is 12. The van der Waals surface area contributed by atoms with E-state index in [4.69, 9.17) is 22.9 Å². The van der Waals surface area contributed by atoms with E-state index in [9.17, 15) is 67.1 Å². The molecule has 0 spiro atoms. The number of fused-ring (bicyclic) bond motifs is 2. The van der Waals surface area contributed by atoms with Gasteiger partial charge in [0.1, 0.15) is 48.3 Å². The summed E-state index contributed by atoms with van der Waals surface area (Å²) in [6.07, 6.45) is 10.1. The Hall–Kier alpha value is -12.4. The molecule has 4 saturated heterocycles. The number of nitrogens with zero attached hydrogens (tertiary/aromatic N) is 4. The summed E-state index contributed by atoms with van der Waals surface area (Å²) in [6.45, 7) is 3.82. The number of hydrogen-bond donors (Lipinski definition) is 14. The van der Waals surface area contributed by atoms with Gasteiger partial charge in [-0.3, -0.25) is 77.1 Å². The standard InChI is InChI=1S/C47H67N9O7.C46H59N9O7/c1-31(57)52-38(28-33-16-7-3-8-17-33)43(60)54-37-21-12-25-50-42(59)35(20-11-26-51-47(48)49)30-41(58)36(24-23-32-14-5-2-6-15-32)53-44(61)39(29-34-18-9-4-10-19-34)55-45(62)40-22-13-27-56(40)46(37)63;1-30(56)51-37(27-32-16-7-3-8-17-32)42(59)52-35-21-12-23-49-41(58)34(20-11-24-50-46(47)48)29-40(57)36(26-31-14-5-2-6-15-31)53-43(60)38(28-33-18-9-4-10-19-33)54-44(61)39-22-13-25-55(39)45(35)62/h2-3,5-8,14-17,34-40H,4,9-13,18-30H2,1H3,(H,50,59)(H,52,57)(H,53,61)(H,54,60)(H,55,62)(H4,48,49,51);2-10,14-19,34-39H,11-13,20-29H2,1H3,(H,49,58)(H,51,56)(H,52,59)(H,53,60)(H,54,61)(H4,47,48,50)/t35-,36+,37+,38+,39-,40+;34-,35+,36+,37+,38-,39+/m11/s1. The van der Waals surface area contributed by atoms with E-state index in [1.807, 2.05) is 152 Å². The van der Waals surface area contributed by atoms with E-state index in [1.165, 1.54) is 23.6 Å². The normalized spacial score (nSPS) is 23.0. The van der Waals surface area contributed by atoms with Crippen LogP contribution in [0, 0.1) is 17.8 Å². The molecule has 125 heavy (non-hydrogen) atoms. The molecule has 12 amide bonds. The number of aryl methyl sites for hydroxylation is 1. The van der Waals surface area contributed by atoms with Crippen LogP contribution in [0.1, 0.15) is 177 Å². The van der Waals surface area contributed by atoms with Crippen LogP contribution in [-0.4, -0.2) is 204 Å². The van der Waals surface area contributed by atoms with Gasteiger partial charge in [-0.15, -0.1) is 0 Å². The molecule has 32 heteroatoms. The number of carbonyl (C=O) groups is 14. The third kappa shape index (κ3) is 32.0. The second kappa shape index (κ2) is 50.4. The minimum atomic E-state index is -1.14. The van der Waals surface area contributed by atoms with Crippen molar-refractivity contribution in [1.29, 1.82) is 0 Å². The highest BCUT2D eigenvalue weighted by molar-refractivity contribution is 6.00. The van der Waals surface area contributed by atoms with Gasteiger partial charge in [-0.2, -0.15) is 0 Å². The van der Waals surface area contributed by atoms with Crippen molar-refractivity contribution in [3.63, 3.8) is 0 Å². The van der Waals surface area contributed by atoms with Gasteiger partial charge in [0.15, 0.2) is 23.5 Å². The number of hydrogen-bond acceptors (Lipinski definition) is 16. The molecule has 1 aliphatic carbocycles. The van der Waals surface area contributed by atoms with E-state index >= 15 is 0 Å². The quantitative estimate of drug-likeness (QED) is 0.0203. The number of guanidine groups is 2. The number of aliphatic imine (C=N–C) groups is 2. The number of benzene rings is 5. The third-order valence-corrected chi connectivity index (χ3v) is 23.5. The first-order valence-corrected chi connectivity index (χ1v) is 44.1. The number of ketones is 2. The Morgan fingerprint density at radius 3 is 1.21 bits per heavy atom. The maximum atomic E-state index is 14.6. The van der Waals surface area contributed by atoms with Crippen LogP contribution in [-0.2, 0) is 99.2 Å². The molecule has 18 N–H and O–H groups in total. The molecule has 5 aliphatic rings. The Balaban J connectivity index is 0.000000283. The monoisotopic (exact) mass is 1720 g/mol. The first kappa shape index (κ1) is 96.4. The summed E-state index contributed by atoms with van der Waals surface area (Å²) in [6, 6.07) is 36.1. The molecule has 10 rings (SSSR count). The van der Waals surface area contributed by atoms with Crippen molar-refractivity contribution in [2.75, 3.05) is 39.3 Å². The molecule has 1 saturated carbocycles. The predicted octanol–water partition coefficient (Wildman–Crippen LogP) is 3.52. The minimum Gasteiger partial charge on any atom is -0.370 e. The zero-order valence-corrected chi connectivity index (χ0v) is 71.9.